The molecule has 1 amide bonds. The van der Waals surface area contributed by atoms with Crippen molar-refractivity contribution >= 4 is 11.7 Å². The van der Waals surface area contributed by atoms with Crippen LogP contribution in [-0.2, 0) is 4.79 Å². The number of Topliss-reactive ketones (excluding diaryl/α,β-unsaturated/α-hetero) is 1. The molecule has 1 N–H and O–H groups in total. The first-order chi connectivity index (χ1) is 18.8. The minimum Gasteiger partial charge on any atom is -0.356 e. The van der Waals surface area contributed by atoms with Crippen LogP contribution < -0.4 is 5.32 Å². The predicted octanol–water partition coefficient (Wildman–Crippen LogP) is 8.73. The number of carbonyl (C=O) groups is 2. The monoisotopic (exact) mass is 533 g/mol. The lowest BCUT2D eigenvalue weighted by Crippen LogP contribution is -2.24. The Kier molecular flexibility index (Phi) is 12.3. The van der Waals surface area contributed by atoms with Crippen LogP contribution in [0.4, 0.5) is 8.78 Å². The Balaban J connectivity index is 1.28. The number of amides is 1. The van der Waals surface area contributed by atoms with E-state index < -0.39 is 0 Å². The van der Waals surface area contributed by atoms with Crippen LogP contribution in [0.3, 0.4) is 0 Å². The lowest BCUT2D eigenvalue weighted by atomic mass is 9.87. The molecular formula is C34H41F2NO2. The van der Waals surface area contributed by atoms with Crippen molar-refractivity contribution in [1.29, 1.82) is 0 Å². The van der Waals surface area contributed by atoms with Crippen LogP contribution in [0.15, 0.2) is 72.8 Å². The van der Waals surface area contributed by atoms with Crippen LogP contribution in [0, 0.1) is 11.6 Å². The van der Waals surface area contributed by atoms with Gasteiger partial charge in [0.15, 0.2) is 5.78 Å². The van der Waals surface area contributed by atoms with Gasteiger partial charge in [0.1, 0.15) is 11.6 Å². The third kappa shape index (κ3) is 10.4. The Labute approximate surface area is 232 Å². The summed E-state index contributed by atoms with van der Waals surface area (Å²) >= 11 is 0. The Morgan fingerprint density at radius 2 is 1.15 bits per heavy atom. The van der Waals surface area contributed by atoms with Gasteiger partial charge in [0.2, 0.25) is 5.91 Å². The van der Waals surface area contributed by atoms with Crippen molar-refractivity contribution in [3.05, 3.63) is 107 Å². The summed E-state index contributed by atoms with van der Waals surface area (Å²) in [5.74, 6) is 0.168. The molecule has 0 spiro atoms. The zero-order valence-electron chi connectivity index (χ0n) is 23.2. The van der Waals surface area contributed by atoms with E-state index in [2.05, 4.69) is 19.2 Å². The molecule has 0 fully saturated rings. The number of carbonyl (C=O) groups excluding carboxylic acids is 2. The molecule has 0 aliphatic carbocycles. The van der Waals surface area contributed by atoms with Crippen LogP contribution in [0.1, 0.15) is 111 Å². The van der Waals surface area contributed by atoms with Gasteiger partial charge in [-0.25, -0.2) is 8.78 Å². The maximum Gasteiger partial charge on any atom is 0.219 e. The molecule has 0 saturated heterocycles. The molecule has 0 aliphatic rings. The van der Waals surface area contributed by atoms with Crippen LogP contribution in [0.2, 0.25) is 0 Å². The number of unbranched alkanes of at least 4 members (excludes halogenated alkanes) is 4. The molecule has 3 nitrogen and oxygen atoms in total. The molecule has 0 aromatic heterocycles. The van der Waals surface area contributed by atoms with Crippen LogP contribution >= 0.6 is 0 Å². The van der Waals surface area contributed by atoms with E-state index in [1.807, 2.05) is 24.3 Å². The molecule has 3 aromatic carbocycles. The van der Waals surface area contributed by atoms with Gasteiger partial charge in [-0.2, -0.15) is 0 Å². The molecule has 208 valence electrons. The maximum absolute atomic E-state index is 13.4. The largest absolute Gasteiger partial charge is 0.356 e. The van der Waals surface area contributed by atoms with E-state index >= 15 is 0 Å². The zero-order valence-corrected chi connectivity index (χ0v) is 23.2. The van der Waals surface area contributed by atoms with Gasteiger partial charge in [-0.3, -0.25) is 9.59 Å². The van der Waals surface area contributed by atoms with Crippen molar-refractivity contribution < 1.29 is 18.4 Å². The van der Waals surface area contributed by atoms with Gasteiger partial charge in [0, 0.05) is 30.9 Å². The quantitative estimate of drug-likeness (QED) is 0.148. The fourth-order valence-electron chi connectivity index (χ4n) is 4.83. The number of hydrogen-bond donors (Lipinski definition) is 1. The van der Waals surface area contributed by atoms with Crippen molar-refractivity contribution in [2.45, 2.75) is 83.5 Å². The highest BCUT2D eigenvalue weighted by Crippen LogP contribution is 2.30. The number of ketones is 1. The third-order valence-electron chi connectivity index (χ3n) is 7.24. The molecule has 3 rings (SSSR count). The summed E-state index contributed by atoms with van der Waals surface area (Å²) in [6.45, 7) is 4.93. The minimum absolute atomic E-state index is 0.0283. The molecule has 0 atom stereocenters. The summed E-state index contributed by atoms with van der Waals surface area (Å²) in [5.41, 5.74) is 4.00. The van der Waals surface area contributed by atoms with Gasteiger partial charge in [-0.1, -0.05) is 81.6 Å². The molecule has 39 heavy (non-hydrogen) atoms. The van der Waals surface area contributed by atoms with E-state index in [4.69, 9.17) is 0 Å². The Morgan fingerprint density at radius 1 is 0.641 bits per heavy atom. The van der Waals surface area contributed by atoms with E-state index in [-0.39, 0.29) is 29.2 Å². The second kappa shape index (κ2) is 15.9. The average molecular weight is 534 g/mol. The van der Waals surface area contributed by atoms with Crippen molar-refractivity contribution in [3.8, 4) is 0 Å². The van der Waals surface area contributed by atoms with Gasteiger partial charge in [0.05, 0.1) is 0 Å². The predicted molar refractivity (Wildman–Crippen MR) is 154 cm³/mol. The fourth-order valence-corrected chi connectivity index (χ4v) is 4.83. The molecular weight excluding hydrogens is 492 g/mol. The van der Waals surface area contributed by atoms with Crippen molar-refractivity contribution in [1.82, 2.24) is 5.32 Å². The lowest BCUT2D eigenvalue weighted by Gasteiger charge is -2.18. The van der Waals surface area contributed by atoms with Crippen LogP contribution in [0.5, 0.6) is 0 Å². The normalized spacial score (nSPS) is 11.2. The summed E-state index contributed by atoms with van der Waals surface area (Å²) in [6, 6.07) is 20.8. The minimum atomic E-state index is -0.283. The first-order valence-corrected chi connectivity index (χ1v) is 14.2. The van der Waals surface area contributed by atoms with E-state index in [1.165, 1.54) is 29.8 Å². The number of nitrogens with one attached hydrogen (secondary N) is 1. The van der Waals surface area contributed by atoms with Crippen molar-refractivity contribution in [3.63, 3.8) is 0 Å². The molecule has 0 radical (unpaired) electrons. The van der Waals surface area contributed by atoms with E-state index in [0.29, 0.717) is 25.3 Å². The zero-order chi connectivity index (χ0) is 28.0. The first kappa shape index (κ1) is 30.2. The maximum atomic E-state index is 13.4. The Bertz CT molecular complexity index is 1110. The average Bonchev–Trinajstić information content (AvgIpc) is 2.94. The number of benzene rings is 3. The number of hydrogen-bond acceptors (Lipinski definition) is 2. The molecule has 5 heteroatoms. The number of rotatable bonds is 16. The molecule has 0 heterocycles. The number of halogens is 2. The smallest absolute Gasteiger partial charge is 0.219 e. The van der Waals surface area contributed by atoms with Crippen molar-refractivity contribution in [2.75, 3.05) is 6.54 Å². The van der Waals surface area contributed by atoms with Gasteiger partial charge in [0.25, 0.3) is 0 Å². The highest BCUT2D eigenvalue weighted by atomic mass is 19.1. The van der Waals surface area contributed by atoms with Crippen LogP contribution in [-0.4, -0.2) is 18.2 Å². The van der Waals surface area contributed by atoms with E-state index in [0.717, 1.165) is 61.6 Å². The topological polar surface area (TPSA) is 46.2 Å². The van der Waals surface area contributed by atoms with E-state index in [9.17, 15) is 18.4 Å². The second-order valence-corrected chi connectivity index (χ2v) is 10.6. The second-order valence-electron chi connectivity index (χ2n) is 10.6. The Morgan fingerprint density at radius 3 is 1.72 bits per heavy atom. The summed E-state index contributed by atoms with van der Waals surface area (Å²) in [5, 5.41) is 3.00. The van der Waals surface area contributed by atoms with Gasteiger partial charge < -0.3 is 5.32 Å². The molecule has 0 bridgehead atoms. The standard InChI is InChI=1S/C34H41F2NO2/c1-25(2)26-12-14-29(15-13-26)33(38)10-5-3-4-8-24-37-34(39)11-7-6-9-32(27-16-20-30(35)21-17-27)28-18-22-31(36)23-19-28/h12-23,25,32H,3-11,24H2,1-2H3,(H,37,39). The summed E-state index contributed by atoms with van der Waals surface area (Å²) in [4.78, 5) is 24.6. The molecule has 0 saturated carbocycles. The molecule has 3 aromatic rings. The first-order valence-electron chi connectivity index (χ1n) is 14.2. The van der Waals surface area contributed by atoms with Crippen molar-refractivity contribution in [2.24, 2.45) is 0 Å². The fraction of sp³-hybridized carbons (Fsp3) is 0.412. The molecule has 0 unspecified atom stereocenters. The third-order valence-corrected chi connectivity index (χ3v) is 7.24. The highest BCUT2D eigenvalue weighted by molar-refractivity contribution is 5.96. The van der Waals surface area contributed by atoms with E-state index in [1.54, 1.807) is 24.3 Å². The summed E-state index contributed by atoms with van der Waals surface area (Å²) in [6.07, 6.45) is 7.13. The Hall–Kier alpha value is -3.34. The molecule has 0 aliphatic heterocycles. The summed E-state index contributed by atoms with van der Waals surface area (Å²) < 4.78 is 26.8. The van der Waals surface area contributed by atoms with Crippen LogP contribution in [0.25, 0.3) is 0 Å². The van der Waals surface area contributed by atoms with Gasteiger partial charge in [-0.05, 0) is 72.6 Å². The summed E-state index contributed by atoms with van der Waals surface area (Å²) in [7, 11) is 0. The lowest BCUT2D eigenvalue weighted by molar-refractivity contribution is -0.121. The van der Waals surface area contributed by atoms with Gasteiger partial charge in [-0.15, -0.1) is 0 Å². The van der Waals surface area contributed by atoms with Gasteiger partial charge >= 0.3 is 0 Å². The SMILES string of the molecule is CC(C)c1ccc(C(=O)CCCCCCNC(=O)CCCCC(c2ccc(F)cc2)c2ccc(F)cc2)cc1. The highest BCUT2D eigenvalue weighted by Gasteiger charge is 2.15.